The van der Waals surface area contributed by atoms with Gasteiger partial charge in [-0.3, -0.25) is 9.59 Å². The average molecular weight is 256 g/mol. The third-order valence-electron chi connectivity index (χ3n) is 2.60. The molecule has 1 aromatic rings. The highest BCUT2D eigenvalue weighted by Gasteiger charge is 2.28. The molecule has 0 bridgehead atoms. The fourth-order valence-corrected chi connectivity index (χ4v) is 1.75. The van der Waals surface area contributed by atoms with E-state index in [-0.39, 0.29) is 24.2 Å². The van der Waals surface area contributed by atoms with Crippen molar-refractivity contribution < 1.29 is 23.5 Å². The highest BCUT2D eigenvalue weighted by molar-refractivity contribution is 6.03. The summed E-state index contributed by atoms with van der Waals surface area (Å²) in [5.41, 5.74) is -0.00420. The Morgan fingerprint density at radius 1 is 1.39 bits per heavy atom. The minimum atomic E-state index is -1.04. The molecule has 1 unspecified atom stereocenters. The van der Waals surface area contributed by atoms with Gasteiger partial charge in [-0.15, -0.1) is 0 Å². The number of rotatable bonds is 3. The second kappa shape index (κ2) is 4.59. The number of carboxylic acid groups (broad SMARTS) is 1. The summed E-state index contributed by atoms with van der Waals surface area (Å²) in [6.45, 7) is 0. The first-order chi connectivity index (χ1) is 8.47. The Hall–Kier alpha value is -2.18. The van der Waals surface area contributed by atoms with Crippen LogP contribution >= 0.6 is 0 Å². The Morgan fingerprint density at radius 3 is 2.78 bits per heavy atom. The van der Waals surface area contributed by atoms with Crippen LogP contribution in [0.5, 0.6) is 0 Å². The van der Waals surface area contributed by atoms with Gasteiger partial charge in [0, 0.05) is 12.5 Å². The van der Waals surface area contributed by atoms with E-state index in [0.717, 1.165) is 6.07 Å². The minimum Gasteiger partial charge on any atom is -0.481 e. The number of fused-ring (bicyclic) bond motifs is 1. The summed E-state index contributed by atoms with van der Waals surface area (Å²) in [5.74, 6) is -3.22. The maximum atomic E-state index is 13.4. The van der Waals surface area contributed by atoms with E-state index in [0.29, 0.717) is 6.07 Å². The number of halogens is 2. The molecule has 0 spiro atoms. The highest BCUT2D eigenvalue weighted by atomic mass is 19.1. The maximum Gasteiger partial charge on any atom is 0.303 e. The molecule has 0 aliphatic carbocycles. The van der Waals surface area contributed by atoms with Gasteiger partial charge in [0.15, 0.2) is 5.82 Å². The van der Waals surface area contributed by atoms with Crippen LogP contribution in [-0.4, -0.2) is 23.0 Å². The van der Waals surface area contributed by atoms with E-state index in [1.165, 1.54) is 0 Å². The molecule has 1 atom stereocenters. The predicted octanol–water partition coefficient (Wildman–Crippen LogP) is 1.56. The van der Waals surface area contributed by atoms with Gasteiger partial charge in [-0.2, -0.15) is 0 Å². The van der Waals surface area contributed by atoms with Crippen LogP contribution < -0.4 is 10.6 Å². The van der Waals surface area contributed by atoms with Gasteiger partial charge in [-0.25, -0.2) is 8.78 Å². The lowest BCUT2D eigenvalue weighted by Crippen LogP contribution is -2.39. The molecule has 1 heterocycles. The minimum absolute atomic E-state index is 0.0404. The van der Waals surface area contributed by atoms with Gasteiger partial charge in [0.25, 0.3) is 0 Å². The standard InChI is InChI=1S/C11H10F2N2O3/c12-5-3-6(13)10-8(4-5)14-7(11(18)15-10)1-2-9(16)17/h3-4,7,14H,1-2H2,(H,15,18)(H,16,17). The van der Waals surface area contributed by atoms with Crippen LogP contribution in [0.25, 0.3) is 0 Å². The summed E-state index contributed by atoms with van der Waals surface area (Å²) in [4.78, 5) is 22.0. The van der Waals surface area contributed by atoms with Crippen LogP contribution in [0.3, 0.4) is 0 Å². The fraction of sp³-hybridized carbons (Fsp3) is 0.273. The van der Waals surface area contributed by atoms with Crippen LogP contribution in [0, 0.1) is 11.6 Å². The Morgan fingerprint density at radius 2 is 2.11 bits per heavy atom. The second-order valence-electron chi connectivity index (χ2n) is 3.93. The van der Waals surface area contributed by atoms with Gasteiger partial charge in [0.05, 0.1) is 5.69 Å². The van der Waals surface area contributed by atoms with E-state index in [9.17, 15) is 18.4 Å². The van der Waals surface area contributed by atoms with Crippen molar-refractivity contribution in [3.05, 3.63) is 23.8 Å². The van der Waals surface area contributed by atoms with Crippen LogP contribution in [0.4, 0.5) is 20.2 Å². The number of carboxylic acids is 1. The molecule has 1 aromatic carbocycles. The smallest absolute Gasteiger partial charge is 0.303 e. The van der Waals surface area contributed by atoms with Gasteiger partial charge in [-0.1, -0.05) is 0 Å². The summed E-state index contributed by atoms with van der Waals surface area (Å²) in [6, 6.07) is 0.902. The summed E-state index contributed by atoms with van der Waals surface area (Å²) in [5, 5.41) is 13.5. The lowest BCUT2D eigenvalue weighted by atomic mass is 10.1. The lowest BCUT2D eigenvalue weighted by molar-refractivity contribution is -0.137. The molecule has 18 heavy (non-hydrogen) atoms. The fourth-order valence-electron chi connectivity index (χ4n) is 1.75. The molecule has 1 amide bonds. The number of hydrogen-bond donors (Lipinski definition) is 3. The van der Waals surface area contributed by atoms with Crippen molar-refractivity contribution in [2.24, 2.45) is 0 Å². The number of aliphatic carboxylic acids is 1. The second-order valence-corrected chi connectivity index (χ2v) is 3.93. The summed E-state index contributed by atoms with van der Waals surface area (Å²) >= 11 is 0. The molecule has 5 nitrogen and oxygen atoms in total. The molecule has 3 N–H and O–H groups in total. The molecule has 0 fully saturated rings. The molecule has 7 heteroatoms. The van der Waals surface area contributed by atoms with E-state index in [2.05, 4.69) is 10.6 Å². The Bertz CT molecular complexity index is 519. The van der Waals surface area contributed by atoms with Gasteiger partial charge in [-0.05, 0) is 12.5 Å². The summed E-state index contributed by atoms with van der Waals surface area (Å²) < 4.78 is 26.4. The zero-order valence-corrected chi connectivity index (χ0v) is 9.17. The van der Waals surface area contributed by atoms with E-state index >= 15 is 0 Å². The molecular formula is C11H10F2N2O3. The van der Waals surface area contributed by atoms with Crippen LogP contribution in [0.1, 0.15) is 12.8 Å². The normalized spacial score (nSPS) is 17.7. The van der Waals surface area contributed by atoms with Gasteiger partial charge < -0.3 is 15.7 Å². The zero-order valence-electron chi connectivity index (χ0n) is 9.17. The van der Waals surface area contributed by atoms with E-state index in [1.807, 2.05) is 0 Å². The molecule has 0 saturated heterocycles. The third kappa shape index (κ3) is 2.39. The molecule has 0 aromatic heterocycles. The molecule has 1 aliphatic heterocycles. The van der Waals surface area contributed by atoms with Crippen molar-refractivity contribution in [2.75, 3.05) is 10.6 Å². The largest absolute Gasteiger partial charge is 0.481 e. The average Bonchev–Trinajstić information content (AvgIpc) is 2.27. The first kappa shape index (κ1) is 12.3. The molecular weight excluding hydrogens is 246 g/mol. The Balaban J connectivity index is 2.21. The van der Waals surface area contributed by atoms with Crippen molar-refractivity contribution in [1.29, 1.82) is 0 Å². The van der Waals surface area contributed by atoms with Crippen molar-refractivity contribution in [3.63, 3.8) is 0 Å². The van der Waals surface area contributed by atoms with Gasteiger partial charge in [0.2, 0.25) is 5.91 Å². The number of hydrogen-bond acceptors (Lipinski definition) is 3. The van der Waals surface area contributed by atoms with Crippen LogP contribution in [-0.2, 0) is 9.59 Å². The van der Waals surface area contributed by atoms with E-state index in [1.54, 1.807) is 0 Å². The van der Waals surface area contributed by atoms with Crippen molar-refractivity contribution >= 4 is 23.3 Å². The first-order valence-electron chi connectivity index (χ1n) is 5.25. The lowest BCUT2D eigenvalue weighted by Gasteiger charge is -2.26. The van der Waals surface area contributed by atoms with Gasteiger partial charge in [0.1, 0.15) is 17.5 Å². The molecule has 96 valence electrons. The number of amides is 1. The number of anilines is 2. The predicted molar refractivity (Wildman–Crippen MR) is 59.3 cm³/mol. The molecule has 0 radical (unpaired) electrons. The maximum absolute atomic E-state index is 13.4. The topological polar surface area (TPSA) is 78.4 Å². The summed E-state index contributed by atoms with van der Waals surface area (Å²) in [7, 11) is 0. The Labute approximate surface area is 101 Å². The van der Waals surface area contributed by atoms with E-state index in [4.69, 9.17) is 5.11 Å². The molecule has 2 rings (SSSR count). The highest BCUT2D eigenvalue weighted by Crippen LogP contribution is 2.31. The monoisotopic (exact) mass is 256 g/mol. The third-order valence-corrected chi connectivity index (χ3v) is 2.60. The molecule has 1 aliphatic rings. The van der Waals surface area contributed by atoms with E-state index < -0.39 is 29.6 Å². The molecule has 0 saturated carbocycles. The number of carbonyl (C=O) groups is 2. The van der Waals surface area contributed by atoms with Crippen LogP contribution in [0.2, 0.25) is 0 Å². The van der Waals surface area contributed by atoms with Crippen molar-refractivity contribution in [3.8, 4) is 0 Å². The van der Waals surface area contributed by atoms with Crippen molar-refractivity contribution in [1.82, 2.24) is 0 Å². The van der Waals surface area contributed by atoms with Crippen LogP contribution in [0.15, 0.2) is 12.1 Å². The first-order valence-corrected chi connectivity index (χ1v) is 5.25. The number of benzene rings is 1. The Kier molecular flexibility index (Phi) is 3.14. The number of nitrogens with one attached hydrogen (secondary N) is 2. The number of carbonyl (C=O) groups excluding carboxylic acids is 1. The quantitative estimate of drug-likeness (QED) is 0.766. The van der Waals surface area contributed by atoms with Crippen molar-refractivity contribution in [2.45, 2.75) is 18.9 Å². The van der Waals surface area contributed by atoms with Gasteiger partial charge >= 0.3 is 5.97 Å². The zero-order chi connectivity index (χ0) is 13.3. The SMILES string of the molecule is O=C(O)CCC1Nc2cc(F)cc(F)c2NC1=O. The summed E-state index contributed by atoms with van der Waals surface area (Å²) in [6.07, 6.45) is -0.170.